The highest BCUT2D eigenvalue weighted by Crippen LogP contribution is 2.30. The van der Waals surface area contributed by atoms with E-state index in [1.165, 1.54) is 25.5 Å². The molecule has 0 unspecified atom stereocenters. The van der Waals surface area contributed by atoms with Gasteiger partial charge in [-0.1, -0.05) is 17.8 Å². The summed E-state index contributed by atoms with van der Waals surface area (Å²) in [6.07, 6.45) is -2.96. The third-order valence-electron chi connectivity index (χ3n) is 5.33. The Morgan fingerprint density at radius 3 is 2.54 bits per heavy atom. The topological polar surface area (TPSA) is 123 Å². The van der Waals surface area contributed by atoms with Gasteiger partial charge in [-0.2, -0.15) is 13.2 Å². The van der Waals surface area contributed by atoms with Gasteiger partial charge in [0, 0.05) is 11.3 Å². The summed E-state index contributed by atoms with van der Waals surface area (Å²) in [7, 11) is 1.51. The van der Waals surface area contributed by atoms with Crippen molar-refractivity contribution < 1.29 is 31.9 Å². The van der Waals surface area contributed by atoms with Crippen LogP contribution in [0.5, 0.6) is 5.75 Å². The smallest absolute Gasteiger partial charge is 0.416 e. The fourth-order valence-corrected chi connectivity index (χ4v) is 4.12. The monoisotopic (exact) mass is 560 g/mol. The number of hydrazine groups is 1. The summed E-state index contributed by atoms with van der Waals surface area (Å²) in [5, 5.41) is 11.6. The SMILES string of the molecule is COc1ccc(C(=O)NNC(=O)CSc2nnc(CNc3cccc(C(F)(F)F)c3)n2Cc2ccco2)cc1. The van der Waals surface area contributed by atoms with Gasteiger partial charge in [-0.15, -0.1) is 10.2 Å². The normalized spacial score (nSPS) is 11.2. The summed E-state index contributed by atoms with van der Waals surface area (Å²) in [5.74, 6) is 0.515. The maximum absolute atomic E-state index is 13.0. The van der Waals surface area contributed by atoms with Crippen LogP contribution in [0.4, 0.5) is 18.9 Å². The predicted octanol–water partition coefficient (Wildman–Crippen LogP) is 4.11. The number of anilines is 1. The van der Waals surface area contributed by atoms with Crippen molar-refractivity contribution in [1.29, 1.82) is 0 Å². The number of methoxy groups -OCH3 is 1. The third kappa shape index (κ3) is 7.54. The highest BCUT2D eigenvalue weighted by atomic mass is 32.2. The molecule has 0 saturated carbocycles. The van der Waals surface area contributed by atoms with Gasteiger partial charge in [0.1, 0.15) is 11.5 Å². The molecule has 0 saturated heterocycles. The first-order valence-electron chi connectivity index (χ1n) is 11.4. The summed E-state index contributed by atoms with van der Waals surface area (Å²) in [4.78, 5) is 24.6. The average molecular weight is 561 g/mol. The lowest BCUT2D eigenvalue weighted by Gasteiger charge is -2.12. The number of benzene rings is 2. The second-order valence-corrected chi connectivity index (χ2v) is 8.96. The molecule has 0 bridgehead atoms. The highest BCUT2D eigenvalue weighted by Gasteiger charge is 2.30. The number of ether oxygens (including phenoxy) is 1. The minimum atomic E-state index is -4.46. The van der Waals surface area contributed by atoms with Gasteiger partial charge < -0.3 is 14.5 Å². The van der Waals surface area contributed by atoms with Gasteiger partial charge in [0.2, 0.25) is 5.91 Å². The van der Waals surface area contributed by atoms with Crippen LogP contribution in [0.2, 0.25) is 0 Å². The number of hydrogen-bond acceptors (Lipinski definition) is 8. The molecule has 0 aliphatic heterocycles. The zero-order valence-corrected chi connectivity index (χ0v) is 21.3. The predicted molar refractivity (Wildman–Crippen MR) is 136 cm³/mol. The van der Waals surface area contributed by atoms with Gasteiger partial charge in [-0.05, 0) is 54.6 Å². The molecular weight excluding hydrogens is 537 g/mol. The van der Waals surface area contributed by atoms with E-state index in [0.717, 1.165) is 23.9 Å². The second-order valence-electron chi connectivity index (χ2n) is 8.02. The molecule has 0 atom stereocenters. The Bertz CT molecular complexity index is 1410. The molecule has 14 heteroatoms. The van der Waals surface area contributed by atoms with E-state index in [1.807, 2.05) is 0 Å². The van der Waals surface area contributed by atoms with Crippen molar-refractivity contribution in [1.82, 2.24) is 25.6 Å². The second kappa shape index (κ2) is 12.4. The van der Waals surface area contributed by atoms with Gasteiger partial charge in [-0.25, -0.2) is 0 Å². The van der Waals surface area contributed by atoms with E-state index in [9.17, 15) is 22.8 Å². The molecule has 3 N–H and O–H groups in total. The number of furan rings is 1. The molecule has 0 fully saturated rings. The number of halogens is 3. The first-order valence-corrected chi connectivity index (χ1v) is 12.4. The molecule has 2 aromatic heterocycles. The largest absolute Gasteiger partial charge is 0.497 e. The summed E-state index contributed by atoms with van der Waals surface area (Å²) in [6.45, 7) is 0.303. The number of nitrogens with one attached hydrogen (secondary N) is 3. The third-order valence-corrected chi connectivity index (χ3v) is 6.29. The number of aromatic nitrogens is 3. The number of alkyl halides is 3. The molecule has 2 aromatic carbocycles. The van der Waals surface area contributed by atoms with E-state index < -0.39 is 23.6 Å². The Morgan fingerprint density at radius 2 is 1.85 bits per heavy atom. The van der Waals surface area contributed by atoms with Gasteiger partial charge in [0.25, 0.3) is 5.91 Å². The van der Waals surface area contributed by atoms with Crippen molar-refractivity contribution in [2.24, 2.45) is 0 Å². The molecule has 0 aliphatic rings. The molecule has 4 rings (SSSR count). The van der Waals surface area contributed by atoms with Crippen LogP contribution in [0.1, 0.15) is 27.5 Å². The molecule has 2 heterocycles. The lowest BCUT2D eigenvalue weighted by Crippen LogP contribution is -2.42. The summed E-state index contributed by atoms with van der Waals surface area (Å²) < 4.78 is 51.3. The minimum absolute atomic E-state index is 0.0691. The molecule has 0 aliphatic carbocycles. The Labute approximate surface area is 224 Å². The quantitative estimate of drug-likeness (QED) is 0.196. The molecule has 4 aromatic rings. The van der Waals surface area contributed by atoms with Crippen molar-refractivity contribution in [2.45, 2.75) is 24.4 Å². The van der Waals surface area contributed by atoms with Crippen molar-refractivity contribution in [2.75, 3.05) is 18.2 Å². The Hall–Kier alpha value is -4.46. The lowest BCUT2D eigenvalue weighted by molar-refractivity contribution is -0.137. The Morgan fingerprint density at radius 1 is 1.05 bits per heavy atom. The maximum Gasteiger partial charge on any atom is 0.416 e. The first-order chi connectivity index (χ1) is 18.7. The number of carbonyl (C=O) groups is 2. The molecule has 39 heavy (non-hydrogen) atoms. The average Bonchev–Trinajstić information content (AvgIpc) is 3.59. The molecule has 2 amide bonds. The zero-order chi connectivity index (χ0) is 27.8. The summed E-state index contributed by atoms with van der Waals surface area (Å²) in [5.41, 5.74) is 4.51. The van der Waals surface area contributed by atoms with Crippen LogP contribution in [0.3, 0.4) is 0 Å². The lowest BCUT2D eigenvalue weighted by atomic mass is 10.2. The standard InChI is InChI=1S/C25H23F3N6O4S/c1-37-19-9-7-16(8-10-19)23(36)32-31-22(35)15-39-24-33-30-21(34(24)14-20-6-3-11-38-20)13-29-18-5-2-4-17(12-18)25(26,27)28/h2-12,29H,13-15H2,1H3,(H,31,35)(H,32,36). The minimum Gasteiger partial charge on any atom is -0.497 e. The van der Waals surface area contributed by atoms with Gasteiger partial charge in [0.05, 0.1) is 37.8 Å². The maximum atomic E-state index is 13.0. The molecule has 10 nitrogen and oxygen atoms in total. The van der Waals surface area contributed by atoms with Crippen molar-refractivity contribution in [3.05, 3.63) is 89.6 Å². The fraction of sp³-hybridized carbons (Fsp3) is 0.200. The van der Waals surface area contributed by atoms with Crippen LogP contribution in [-0.4, -0.2) is 39.4 Å². The zero-order valence-electron chi connectivity index (χ0n) is 20.5. The van der Waals surface area contributed by atoms with E-state index in [1.54, 1.807) is 41.0 Å². The van der Waals surface area contributed by atoms with E-state index in [4.69, 9.17) is 9.15 Å². The number of amides is 2. The Balaban J connectivity index is 1.38. The number of thioether (sulfide) groups is 1. The van der Waals surface area contributed by atoms with E-state index >= 15 is 0 Å². The van der Waals surface area contributed by atoms with Gasteiger partial charge in [-0.3, -0.25) is 25.0 Å². The van der Waals surface area contributed by atoms with Crippen LogP contribution < -0.4 is 20.9 Å². The van der Waals surface area contributed by atoms with Crippen LogP contribution in [-0.2, 0) is 24.1 Å². The van der Waals surface area contributed by atoms with Crippen molar-refractivity contribution in [3.63, 3.8) is 0 Å². The highest BCUT2D eigenvalue weighted by molar-refractivity contribution is 7.99. The molecule has 204 valence electrons. The summed E-state index contributed by atoms with van der Waals surface area (Å²) in [6, 6.07) is 14.6. The van der Waals surface area contributed by atoms with Crippen LogP contribution in [0.15, 0.2) is 76.5 Å². The van der Waals surface area contributed by atoms with Crippen molar-refractivity contribution >= 4 is 29.3 Å². The molecule has 0 radical (unpaired) electrons. The fourth-order valence-electron chi connectivity index (χ4n) is 3.37. The van der Waals surface area contributed by atoms with E-state index in [2.05, 4.69) is 26.4 Å². The van der Waals surface area contributed by atoms with Crippen LogP contribution >= 0.6 is 11.8 Å². The number of carbonyl (C=O) groups excluding carboxylic acids is 2. The number of nitrogens with zero attached hydrogens (tertiary/aromatic N) is 3. The van der Waals surface area contributed by atoms with Crippen molar-refractivity contribution in [3.8, 4) is 5.75 Å². The number of hydrogen-bond donors (Lipinski definition) is 3. The van der Waals surface area contributed by atoms with Gasteiger partial charge >= 0.3 is 6.18 Å². The van der Waals surface area contributed by atoms with Gasteiger partial charge in [0.15, 0.2) is 11.0 Å². The van der Waals surface area contributed by atoms with E-state index in [0.29, 0.717) is 28.1 Å². The number of rotatable bonds is 10. The molecular formula is C25H23F3N6O4S. The van der Waals surface area contributed by atoms with Crippen LogP contribution in [0.25, 0.3) is 0 Å². The first kappa shape index (κ1) is 27.6. The van der Waals surface area contributed by atoms with Crippen LogP contribution in [0, 0.1) is 0 Å². The Kier molecular flexibility index (Phi) is 8.76. The molecule has 0 spiro atoms. The summed E-state index contributed by atoms with van der Waals surface area (Å²) >= 11 is 1.07. The van der Waals surface area contributed by atoms with E-state index in [-0.39, 0.29) is 24.5 Å².